The Balaban J connectivity index is 2.12. The van der Waals surface area contributed by atoms with Gasteiger partial charge in [0.25, 0.3) is 0 Å². The molecule has 0 unspecified atom stereocenters. The number of nitrogens with one attached hydrogen (secondary N) is 1. The summed E-state index contributed by atoms with van der Waals surface area (Å²) in [7, 11) is -3.58. The summed E-state index contributed by atoms with van der Waals surface area (Å²) in [5, 5.41) is 1.90. The van der Waals surface area contributed by atoms with E-state index in [9.17, 15) is 8.42 Å². The van der Waals surface area contributed by atoms with Crippen LogP contribution < -0.4 is 10.5 Å². The van der Waals surface area contributed by atoms with Crippen molar-refractivity contribution in [2.75, 3.05) is 12.3 Å². The topological polar surface area (TPSA) is 85.1 Å². The molecule has 0 bridgehead atoms. The van der Waals surface area contributed by atoms with E-state index < -0.39 is 10.0 Å². The molecule has 1 aromatic heterocycles. The molecule has 20 heavy (non-hydrogen) atoms. The molecule has 2 rings (SSSR count). The third-order valence-electron chi connectivity index (χ3n) is 3.07. The number of rotatable bonds is 5. The van der Waals surface area contributed by atoms with Crippen molar-refractivity contribution < 1.29 is 8.42 Å². The molecular weight excluding hydrogens is 294 g/mol. The highest BCUT2D eigenvalue weighted by Crippen LogP contribution is 2.22. The van der Waals surface area contributed by atoms with Gasteiger partial charge in [-0.05, 0) is 37.1 Å². The van der Waals surface area contributed by atoms with E-state index in [4.69, 9.17) is 5.73 Å². The van der Waals surface area contributed by atoms with Gasteiger partial charge in [0, 0.05) is 18.3 Å². The third-order valence-corrected chi connectivity index (χ3v) is 5.22. The Labute approximate surface area is 122 Å². The Bertz CT molecular complexity index is 695. The summed E-state index contributed by atoms with van der Waals surface area (Å²) in [6, 6.07) is 3.29. The van der Waals surface area contributed by atoms with Crippen molar-refractivity contribution in [1.82, 2.24) is 9.71 Å². The molecule has 1 heterocycles. The van der Waals surface area contributed by atoms with Crippen LogP contribution in [0.25, 0.3) is 0 Å². The number of sulfonamides is 1. The van der Waals surface area contributed by atoms with Gasteiger partial charge in [-0.15, -0.1) is 11.3 Å². The molecule has 1 aromatic carbocycles. The first-order valence-electron chi connectivity index (χ1n) is 6.13. The second kappa shape index (κ2) is 5.90. The smallest absolute Gasteiger partial charge is 0.242 e. The summed E-state index contributed by atoms with van der Waals surface area (Å²) in [6.07, 6.45) is 0.563. The average Bonchev–Trinajstić information content (AvgIpc) is 2.86. The van der Waals surface area contributed by atoms with E-state index in [1.54, 1.807) is 17.6 Å². The highest BCUT2D eigenvalue weighted by molar-refractivity contribution is 7.89. The van der Waals surface area contributed by atoms with Crippen molar-refractivity contribution in [3.05, 3.63) is 39.8 Å². The number of nitrogen functional groups attached to an aromatic ring is 1. The number of aromatic nitrogens is 1. The van der Waals surface area contributed by atoms with Gasteiger partial charge >= 0.3 is 0 Å². The molecule has 0 saturated carbocycles. The molecule has 0 atom stereocenters. The molecule has 5 nitrogen and oxygen atoms in total. The Morgan fingerprint density at radius 3 is 2.65 bits per heavy atom. The lowest BCUT2D eigenvalue weighted by Crippen LogP contribution is -2.27. The van der Waals surface area contributed by atoms with Crippen molar-refractivity contribution in [2.45, 2.75) is 25.2 Å². The fraction of sp³-hybridized carbons (Fsp3) is 0.308. The molecule has 0 fully saturated rings. The number of hydrogen-bond acceptors (Lipinski definition) is 5. The van der Waals surface area contributed by atoms with Gasteiger partial charge in [0.15, 0.2) is 0 Å². The second-order valence-electron chi connectivity index (χ2n) is 4.60. The molecule has 0 amide bonds. The first-order chi connectivity index (χ1) is 9.40. The van der Waals surface area contributed by atoms with Crippen molar-refractivity contribution in [3.8, 4) is 0 Å². The van der Waals surface area contributed by atoms with Crippen molar-refractivity contribution >= 4 is 27.0 Å². The number of nitrogens with two attached hydrogens (primary N) is 1. The molecule has 0 spiro atoms. The summed E-state index contributed by atoms with van der Waals surface area (Å²) >= 11 is 1.49. The van der Waals surface area contributed by atoms with E-state index in [1.807, 2.05) is 19.2 Å². The van der Waals surface area contributed by atoms with E-state index in [2.05, 4.69) is 9.71 Å². The first kappa shape index (κ1) is 15.0. The Hall–Kier alpha value is -1.44. The second-order valence-corrected chi connectivity index (χ2v) is 7.06. The van der Waals surface area contributed by atoms with Crippen LogP contribution in [-0.4, -0.2) is 19.9 Å². The number of hydrogen-bond donors (Lipinski definition) is 2. The number of thiazole rings is 1. The van der Waals surface area contributed by atoms with Crippen LogP contribution in [0.15, 0.2) is 27.9 Å². The lowest BCUT2D eigenvalue weighted by atomic mass is 10.1. The first-order valence-corrected chi connectivity index (χ1v) is 8.56. The maximum absolute atomic E-state index is 12.2. The van der Waals surface area contributed by atoms with Crippen molar-refractivity contribution in [3.63, 3.8) is 0 Å². The fourth-order valence-electron chi connectivity index (χ4n) is 1.80. The molecule has 0 radical (unpaired) electrons. The number of benzene rings is 1. The van der Waals surface area contributed by atoms with Crippen LogP contribution in [0.3, 0.4) is 0 Å². The summed E-state index contributed by atoms with van der Waals surface area (Å²) in [5.41, 5.74) is 10.6. The third kappa shape index (κ3) is 3.36. The standard InChI is InChI=1S/C13H17N3O2S2/c1-9-5-12(14)13(6-10(9)2)20(17,18)16-4-3-11-7-19-8-15-11/h5-8,16H,3-4,14H2,1-2H3. The highest BCUT2D eigenvalue weighted by atomic mass is 32.2. The van der Waals surface area contributed by atoms with E-state index in [1.165, 1.54) is 11.3 Å². The lowest BCUT2D eigenvalue weighted by molar-refractivity contribution is 0.581. The van der Waals surface area contributed by atoms with Crippen LogP contribution in [0.4, 0.5) is 5.69 Å². The van der Waals surface area contributed by atoms with Gasteiger partial charge < -0.3 is 5.73 Å². The van der Waals surface area contributed by atoms with Crippen LogP contribution in [0.1, 0.15) is 16.8 Å². The zero-order valence-electron chi connectivity index (χ0n) is 11.4. The Morgan fingerprint density at radius 1 is 1.30 bits per heavy atom. The largest absolute Gasteiger partial charge is 0.398 e. The molecule has 7 heteroatoms. The molecule has 108 valence electrons. The molecule has 0 aliphatic heterocycles. The van der Waals surface area contributed by atoms with Crippen LogP contribution in [0.5, 0.6) is 0 Å². The SMILES string of the molecule is Cc1cc(N)c(S(=O)(=O)NCCc2cscn2)cc1C. The van der Waals surface area contributed by atoms with Crippen LogP contribution in [0.2, 0.25) is 0 Å². The number of anilines is 1. The zero-order chi connectivity index (χ0) is 14.8. The predicted molar refractivity (Wildman–Crippen MR) is 81.3 cm³/mol. The highest BCUT2D eigenvalue weighted by Gasteiger charge is 2.18. The summed E-state index contributed by atoms with van der Waals surface area (Å²) < 4.78 is 27.0. The van der Waals surface area contributed by atoms with Crippen molar-refractivity contribution in [2.24, 2.45) is 0 Å². The minimum Gasteiger partial charge on any atom is -0.398 e. The zero-order valence-corrected chi connectivity index (χ0v) is 13.0. The monoisotopic (exact) mass is 311 g/mol. The molecule has 0 saturated heterocycles. The predicted octanol–water partition coefficient (Wildman–Crippen LogP) is 1.86. The number of aryl methyl sites for hydroxylation is 2. The van der Waals surface area contributed by atoms with E-state index >= 15 is 0 Å². The maximum Gasteiger partial charge on any atom is 0.242 e. The summed E-state index contributed by atoms with van der Waals surface area (Å²) in [4.78, 5) is 4.25. The minimum atomic E-state index is -3.58. The van der Waals surface area contributed by atoms with Gasteiger partial charge in [-0.2, -0.15) is 0 Å². The van der Waals surface area contributed by atoms with Gasteiger partial charge in [-0.25, -0.2) is 18.1 Å². The molecule has 0 aliphatic carbocycles. The minimum absolute atomic E-state index is 0.138. The Morgan fingerprint density at radius 2 is 2.00 bits per heavy atom. The fourth-order valence-corrected chi connectivity index (χ4v) is 3.62. The van der Waals surface area contributed by atoms with Crippen LogP contribution >= 0.6 is 11.3 Å². The molecular formula is C13H17N3O2S2. The van der Waals surface area contributed by atoms with Gasteiger partial charge in [0.05, 0.1) is 16.9 Å². The van der Waals surface area contributed by atoms with Crippen LogP contribution in [0, 0.1) is 13.8 Å². The Kier molecular flexibility index (Phi) is 4.42. The maximum atomic E-state index is 12.2. The molecule has 3 N–H and O–H groups in total. The van der Waals surface area contributed by atoms with E-state index in [-0.39, 0.29) is 10.6 Å². The quantitative estimate of drug-likeness (QED) is 0.825. The van der Waals surface area contributed by atoms with Gasteiger partial charge in [0.2, 0.25) is 10.0 Å². The van der Waals surface area contributed by atoms with E-state index in [0.717, 1.165) is 16.8 Å². The molecule has 0 aliphatic rings. The average molecular weight is 311 g/mol. The normalized spacial score (nSPS) is 11.7. The van der Waals surface area contributed by atoms with Crippen molar-refractivity contribution in [1.29, 1.82) is 0 Å². The summed E-state index contributed by atoms with van der Waals surface area (Å²) in [6.45, 7) is 4.07. The summed E-state index contributed by atoms with van der Waals surface area (Å²) in [5.74, 6) is 0. The van der Waals surface area contributed by atoms with Gasteiger partial charge in [-0.3, -0.25) is 0 Å². The van der Waals surface area contributed by atoms with Crippen LogP contribution in [-0.2, 0) is 16.4 Å². The molecule has 2 aromatic rings. The van der Waals surface area contributed by atoms with Gasteiger partial charge in [0.1, 0.15) is 4.90 Å². The lowest BCUT2D eigenvalue weighted by Gasteiger charge is -2.11. The van der Waals surface area contributed by atoms with Gasteiger partial charge in [-0.1, -0.05) is 0 Å². The number of nitrogens with zero attached hydrogens (tertiary/aromatic N) is 1. The van der Waals surface area contributed by atoms with E-state index in [0.29, 0.717) is 13.0 Å².